The lowest BCUT2D eigenvalue weighted by Crippen LogP contribution is -2.43. The topological polar surface area (TPSA) is 43.1 Å². The Bertz CT molecular complexity index is 2720. The third kappa shape index (κ3) is 3.29. The van der Waals surface area contributed by atoms with Crippen molar-refractivity contribution in [2.75, 3.05) is 0 Å². The van der Waals surface area contributed by atoms with Gasteiger partial charge in [-0.2, -0.15) is 0 Å². The maximum atomic E-state index is 12.9. The first-order valence-electron chi connectivity index (χ1n) is 17.5. The first kappa shape index (κ1) is 28.3. The van der Waals surface area contributed by atoms with Gasteiger partial charge in [0.1, 0.15) is 0 Å². The Morgan fingerprint density at radius 2 is 0.765 bits per heavy atom. The van der Waals surface area contributed by atoms with Gasteiger partial charge in [-0.25, -0.2) is 0 Å². The van der Waals surface area contributed by atoms with Crippen LogP contribution in [0.3, 0.4) is 0 Å². The SMILES string of the molecule is O=[N+]([O-])c1c(-c2cccc3c2-c2ccccc2C32c3ccccc3C3(c4ccccc4-c4ccccc43)c3ccccc32)ccc2ccccc12. The van der Waals surface area contributed by atoms with Gasteiger partial charge in [0, 0.05) is 0 Å². The van der Waals surface area contributed by atoms with Crippen LogP contribution in [0, 0.1) is 10.1 Å². The highest BCUT2D eigenvalue weighted by Crippen LogP contribution is 2.68. The molecule has 11 rings (SSSR count). The normalized spacial score (nSPS) is 14.7. The van der Waals surface area contributed by atoms with Gasteiger partial charge in [0.15, 0.2) is 0 Å². The molecule has 0 amide bonds. The van der Waals surface area contributed by atoms with Gasteiger partial charge in [-0.15, -0.1) is 0 Å². The van der Waals surface area contributed by atoms with Gasteiger partial charge in [0.2, 0.25) is 0 Å². The van der Waals surface area contributed by atoms with E-state index >= 15 is 0 Å². The average molecular weight is 652 g/mol. The Hall–Kier alpha value is -6.58. The highest BCUT2D eigenvalue weighted by molar-refractivity contribution is 6.04. The number of nitro groups is 1. The monoisotopic (exact) mass is 651 g/mol. The van der Waals surface area contributed by atoms with Gasteiger partial charge in [-0.05, 0) is 89.8 Å². The van der Waals surface area contributed by atoms with Crippen molar-refractivity contribution < 1.29 is 4.92 Å². The van der Waals surface area contributed by atoms with E-state index in [9.17, 15) is 10.1 Å². The lowest BCUT2D eigenvalue weighted by atomic mass is 9.52. The molecule has 3 heteroatoms. The Balaban J connectivity index is 1.30. The molecule has 0 heterocycles. The van der Waals surface area contributed by atoms with Crippen molar-refractivity contribution in [3.63, 3.8) is 0 Å². The molecule has 0 atom stereocenters. The standard InChI is InChI=1S/C48H29NO2/c50-49(51)46-31-15-2-1-14-30(31)28-29-35(46)34-19-13-27-44-45(34)36-18-5-8-22-39(36)48(44)42-25-11-9-23-40(42)47(41-24-10-12-26-43(41)48)37-20-6-3-16-32(37)33-17-4-7-21-38(33)47/h1-29H. The van der Waals surface area contributed by atoms with Crippen LogP contribution < -0.4 is 0 Å². The van der Waals surface area contributed by atoms with Crippen molar-refractivity contribution in [2.45, 2.75) is 10.8 Å². The second kappa shape index (κ2) is 9.99. The zero-order valence-corrected chi connectivity index (χ0v) is 27.5. The summed E-state index contributed by atoms with van der Waals surface area (Å²) < 4.78 is 0. The van der Waals surface area contributed by atoms with Crippen molar-refractivity contribution >= 4 is 16.5 Å². The highest BCUT2D eigenvalue weighted by atomic mass is 16.6. The molecular formula is C48H29NO2. The molecule has 8 aromatic rings. The molecule has 238 valence electrons. The van der Waals surface area contributed by atoms with E-state index in [4.69, 9.17) is 0 Å². The van der Waals surface area contributed by atoms with E-state index in [-0.39, 0.29) is 10.6 Å². The van der Waals surface area contributed by atoms with Crippen molar-refractivity contribution in [1.29, 1.82) is 0 Å². The van der Waals surface area contributed by atoms with E-state index in [0.717, 1.165) is 27.6 Å². The maximum Gasteiger partial charge on any atom is 0.284 e. The number of hydrogen-bond donors (Lipinski definition) is 0. The molecule has 0 aliphatic heterocycles. The number of nitrogens with zero attached hydrogens (tertiary/aromatic N) is 1. The number of rotatable bonds is 2. The fraction of sp³-hybridized carbons (Fsp3) is 0.0417. The molecule has 0 N–H and O–H groups in total. The molecule has 3 aliphatic carbocycles. The van der Waals surface area contributed by atoms with Gasteiger partial charge >= 0.3 is 0 Å². The van der Waals surface area contributed by atoms with Crippen LogP contribution in [0.1, 0.15) is 44.5 Å². The minimum atomic E-state index is -0.654. The van der Waals surface area contributed by atoms with E-state index in [1.807, 2.05) is 36.4 Å². The molecule has 51 heavy (non-hydrogen) atoms. The smallest absolute Gasteiger partial charge is 0.258 e. The summed E-state index contributed by atoms with van der Waals surface area (Å²) in [7, 11) is 0. The summed E-state index contributed by atoms with van der Waals surface area (Å²) in [6.45, 7) is 0. The van der Waals surface area contributed by atoms with Crippen LogP contribution in [-0.2, 0) is 10.8 Å². The van der Waals surface area contributed by atoms with Gasteiger partial charge in [-0.3, -0.25) is 10.1 Å². The van der Waals surface area contributed by atoms with Crippen LogP contribution >= 0.6 is 0 Å². The van der Waals surface area contributed by atoms with Crippen molar-refractivity contribution in [3.8, 4) is 33.4 Å². The molecule has 0 saturated heterocycles. The fourth-order valence-corrected chi connectivity index (χ4v) is 10.2. The van der Waals surface area contributed by atoms with Crippen LogP contribution in [0.15, 0.2) is 176 Å². The Kier molecular flexibility index (Phi) is 5.54. The summed E-state index contributed by atoms with van der Waals surface area (Å²) in [4.78, 5) is 12.7. The molecule has 0 aromatic heterocycles. The number of benzene rings is 8. The summed E-state index contributed by atoms with van der Waals surface area (Å²) in [6.07, 6.45) is 0. The third-order valence-electron chi connectivity index (χ3n) is 11.9. The van der Waals surface area contributed by atoms with Gasteiger partial charge < -0.3 is 0 Å². The minimum absolute atomic E-state index is 0.141. The number of fused-ring (bicyclic) bond motifs is 17. The zero-order valence-electron chi connectivity index (χ0n) is 27.5. The van der Waals surface area contributed by atoms with Gasteiger partial charge in [-0.1, -0.05) is 164 Å². The molecule has 0 bridgehead atoms. The van der Waals surface area contributed by atoms with E-state index in [1.54, 1.807) is 0 Å². The Morgan fingerprint density at radius 1 is 0.353 bits per heavy atom. The van der Waals surface area contributed by atoms with Gasteiger partial charge in [0.25, 0.3) is 5.69 Å². The predicted molar refractivity (Wildman–Crippen MR) is 204 cm³/mol. The molecule has 8 aromatic carbocycles. The second-order valence-corrected chi connectivity index (χ2v) is 13.9. The van der Waals surface area contributed by atoms with Crippen molar-refractivity contribution in [1.82, 2.24) is 0 Å². The number of hydrogen-bond acceptors (Lipinski definition) is 2. The summed E-state index contributed by atoms with van der Waals surface area (Å²) in [5.41, 5.74) is 15.2. The first-order valence-corrected chi connectivity index (χ1v) is 17.5. The predicted octanol–water partition coefficient (Wildman–Crippen LogP) is 11.5. The maximum absolute atomic E-state index is 12.9. The first-order chi connectivity index (χ1) is 25.2. The summed E-state index contributed by atoms with van der Waals surface area (Å²) in [5.74, 6) is 0. The van der Waals surface area contributed by atoms with Crippen molar-refractivity contribution in [3.05, 3.63) is 231 Å². The molecule has 0 saturated carbocycles. The Labute approximate surface area is 295 Å². The van der Waals surface area contributed by atoms with Crippen LogP contribution in [-0.4, -0.2) is 4.92 Å². The quantitative estimate of drug-likeness (QED) is 0.138. The zero-order chi connectivity index (χ0) is 33.9. The molecule has 2 spiro atoms. The summed E-state index contributed by atoms with van der Waals surface area (Å²) in [6, 6.07) is 62.5. The van der Waals surface area contributed by atoms with E-state index in [1.165, 1.54) is 50.1 Å². The molecule has 3 aliphatic rings. The second-order valence-electron chi connectivity index (χ2n) is 13.9. The Morgan fingerprint density at radius 3 is 1.33 bits per heavy atom. The van der Waals surface area contributed by atoms with Crippen molar-refractivity contribution in [2.24, 2.45) is 0 Å². The average Bonchev–Trinajstić information content (AvgIpc) is 3.65. The largest absolute Gasteiger partial charge is 0.284 e. The lowest BCUT2D eigenvalue weighted by molar-refractivity contribution is -0.382. The lowest BCUT2D eigenvalue weighted by Gasteiger charge is -2.48. The van der Waals surface area contributed by atoms with Crippen LogP contribution in [0.25, 0.3) is 44.2 Å². The molecular weight excluding hydrogens is 623 g/mol. The molecule has 0 radical (unpaired) electrons. The summed E-state index contributed by atoms with van der Waals surface area (Å²) in [5, 5.41) is 14.4. The van der Waals surface area contributed by atoms with E-state index < -0.39 is 10.8 Å². The fourth-order valence-electron chi connectivity index (χ4n) is 10.2. The van der Waals surface area contributed by atoms with E-state index in [2.05, 4.69) is 140 Å². The molecule has 3 nitrogen and oxygen atoms in total. The van der Waals surface area contributed by atoms with E-state index in [0.29, 0.717) is 10.9 Å². The van der Waals surface area contributed by atoms with Crippen LogP contribution in [0.5, 0.6) is 0 Å². The molecule has 0 fully saturated rings. The third-order valence-corrected chi connectivity index (χ3v) is 11.9. The van der Waals surface area contributed by atoms with Crippen LogP contribution in [0.4, 0.5) is 5.69 Å². The number of nitro benzene ring substituents is 1. The highest BCUT2D eigenvalue weighted by Gasteiger charge is 2.59. The van der Waals surface area contributed by atoms with Gasteiger partial charge in [0.05, 0.1) is 26.7 Å². The molecule has 0 unspecified atom stereocenters. The summed E-state index contributed by atoms with van der Waals surface area (Å²) >= 11 is 0. The minimum Gasteiger partial charge on any atom is -0.258 e. The van der Waals surface area contributed by atoms with Crippen LogP contribution in [0.2, 0.25) is 0 Å².